The van der Waals surface area contributed by atoms with Crippen molar-refractivity contribution in [1.29, 1.82) is 0 Å². The molecular weight excluding hydrogens is 133 g/mol. The standard InChI is InChI=1S/C3H6O.O.Zn/c1-3(2)4;;/h1-2H3;;. The number of Topliss-reactive ketones (excluding diaryl/α,β-unsaturated/α-hetero) is 1. The fourth-order valence-electron chi connectivity index (χ4n) is 0. The van der Waals surface area contributed by atoms with Crippen molar-refractivity contribution in [1.82, 2.24) is 0 Å². The van der Waals surface area contributed by atoms with Gasteiger partial charge in [0.25, 0.3) is 0 Å². The van der Waals surface area contributed by atoms with Crippen LogP contribution in [0.3, 0.4) is 0 Å². The van der Waals surface area contributed by atoms with Crippen LogP contribution < -0.4 is 0 Å². The molecule has 0 radical (unpaired) electrons. The first-order chi connectivity index (χ1) is 2.73. The Morgan fingerprint density at radius 3 is 1.33 bits per heavy atom. The summed E-state index contributed by atoms with van der Waals surface area (Å²) in [5.74, 6) is 0.167. The predicted molar refractivity (Wildman–Crippen MR) is 17.0 cm³/mol. The van der Waals surface area contributed by atoms with Crippen LogP contribution in [-0.2, 0) is 26.6 Å². The number of carbonyl (C=O) groups excluding carboxylic acids is 1. The summed E-state index contributed by atoms with van der Waals surface area (Å²) in [6.45, 7) is 3.06. The summed E-state index contributed by atoms with van der Waals surface area (Å²) in [5.41, 5.74) is 0. The van der Waals surface area contributed by atoms with Gasteiger partial charge in [-0.2, -0.15) is 0 Å². The molecule has 0 unspecified atom stereocenters. The van der Waals surface area contributed by atoms with Gasteiger partial charge in [0.1, 0.15) is 5.78 Å². The van der Waals surface area contributed by atoms with Crippen molar-refractivity contribution in [3.8, 4) is 0 Å². The molecule has 0 aromatic rings. The maximum atomic E-state index is 9.44. The molecule has 0 saturated heterocycles. The average Bonchev–Trinajstić information content (AvgIpc) is 1.41. The van der Waals surface area contributed by atoms with Gasteiger partial charge >= 0.3 is 21.8 Å². The number of ketones is 1. The summed E-state index contributed by atoms with van der Waals surface area (Å²) >= 11 is 0.125. The summed E-state index contributed by atoms with van der Waals surface area (Å²) < 4.78 is 8.38. The minimum atomic E-state index is 0.125. The van der Waals surface area contributed by atoms with Gasteiger partial charge in [0.2, 0.25) is 0 Å². The van der Waals surface area contributed by atoms with Crippen LogP contribution in [0.15, 0.2) is 0 Å². The zero-order valence-corrected chi connectivity index (χ0v) is 6.99. The SMILES string of the molecule is CC(C)=O.[O]=[Zn]. The van der Waals surface area contributed by atoms with E-state index in [1.54, 1.807) is 0 Å². The van der Waals surface area contributed by atoms with Gasteiger partial charge in [-0.25, -0.2) is 0 Å². The quantitative estimate of drug-likeness (QED) is 0.458. The van der Waals surface area contributed by atoms with Crippen molar-refractivity contribution in [3.63, 3.8) is 0 Å². The summed E-state index contributed by atoms with van der Waals surface area (Å²) in [6.07, 6.45) is 0. The van der Waals surface area contributed by atoms with Crippen LogP contribution in [0, 0.1) is 0 Å². The molecule has 0 bridgehead atoms. The molecule has 32 valence electrons. The Morgan fingerprint density at radius 2 is 1.33 bits per heavy atom. The van der Waals surface area contributed by atoms with Crippen LogP contribution in [0.2, 0.25) is 0 Å². The minimum absolute atomic E-state index is 0.125. The van der Waals surface area contributed by atoms with Crippen molar-refractivity contribution in [2.75, 3.05) is 0 Å². The van der Waals surface area contributed by atoms with Gasteiger partial charge < -0.3 is 4.79 Å². The molecule has 0 fully saturated rings. The van der Waals surface area contributed by atoms with E-state index in [1.807, 2.05) is 0 Å². The van der Waals surface area contributed by atoms with Gasteiger partial charge in [-0.15, -0.1) is 0 Å². The zero-order valence-electron chi connectivity index (χ0n) is 4.02. The fourth-order valence-corrected chi connectivity index (χ4v) is 0. The summed E-state index contributed by atoms with van der Waals surface area (Å²) in [6, 6.07) is 0. The summed E-state index contributed by atoms with van der Waals surface area (Å²) in [4.78, 5) is 9.44. The third-order valence-electron chi connectivity index (χ3n) is 0. The van der Waals surface area contributed by atoms with Gasteiger partial charge in [0, 0.05) is 0 Å². The molecule has 0 aliphatic heterocycles. The molecule has 0 aromatic carbocycles. The normalized spacial score (nSPS) is 5.33. The zero-order chi connectivity index (χ0) is 5.58. The Morgan fingerprint density at radius 1 is 1.33 bits per heavy atom. The van der Waals surface area contributed by atoms with E-state index in [-0.39, 0.29) is 24.0 Å². The Balaban J connectivity index is 0. The fraction of sp³-hybridized carbons (Fsp3) is 0.667. The van der Waals surface area contributed by atoms with E-state index in [2.05, 4.69) is 0 Å². The van der Waals surface area contributed by atoms with Crippen molar-refractivity contribution in [2.45, 2.75) is 13.8 Å². The van der Waals surface area contributed by atoms with Crippen molar-refractivity contribution >= 4 is 5.78 Å². The second-order valence-corrected chi connectivity index (χ2v) is 0.908. The molecule has 0 N–H and O–H groups in total. The number of hydrogen-bond donors (Lipinski definition) is 0. The maximum absolute atomic E-state index is 9.44. The Hall–Kier alpha value is 0.0934. The third kappa shape index (κ3) is 4490. The number of carbonyl (C=O) groups is 1. The Bertz CT molecular complexity index is 40.1. The van der Waals surface area contributed by atoms with Gasteiger partial charge in [0.05, 0.1) is 0 Å². The van der Waals surface area contributed by atoms with Crippen LogP contribution in [0.25, 0.3) is 0 Å². The van der Waals surface area contributed by atoms with E-state index in [9.17, 15) is 4.79 Å². The second-order valence-electron chi connectivity index (χ2n) is 0.908. The van der Waals surface area contributed by atoms with Crippen LogP contribution >= 0.6 is 0 Å². The molecule has 0 heterocycles. The molecular formula is C3H6O2Zn. The van der Waals surface area contributed by atoms with Gasteiger partial charge in [-0.3, -0.25) is 0 Å². The summed E-state index contributed by atoms with van der Waals surface area (Å²) in [5, 5.41) is 0. The van der Waals surface area contributed by atoms with Crippen LogP contribution in [0.1, 0.15) is 13.8 Å². The molecule has 3 heteroatoms. The second kappa shape index (κ2) is 8.92. The molecule has 0 atom stereocenters. The first-order valence-corrected chi connectivity index (χ1v) is 2.70. The van der Waals surface area contributed by atoms with Gasteiger partial charge in [-0.05, 0) is 13.8 Å². The third-order valence-corrected chi connectivity index (χ3v) is 0. The molecule has 0 aliphatic carbocycles. The van der Waals surface area contributed by atoms with Crippen molar-refractivity contribution < 1.29 is 26.6 Å². The van der Waals surface area contributed by atoms with Crippen molar-refractivity contribution in [2.24, 2.45) is 0 Å². The Labute approximate surface area is 46.9 Å². The topological polar surface area (TPSA) is 34.1 Å². The molecule has 0 rings (SSSR count). The van der Waals surface area contributed by atoms with E-state index in [1.165, 1.54) is 13.8 Å². The van der Waals surface area contributed by atoms with Gasteiger partial charge in [-0.1, -0.05) is 0 Å². The summed E-state index contributed by atoms with van der Waals surface area (Å²) in [7, 11) is 0. The monoisotopic (exact) mass is 138 g/mol. The average molecular weight is 139 g/mol. The van der Waals surface area contributed by atoms with E-state index < -0.39 is 0 Å². The van der Waals surface area contributed by atoms with E-state index in [0.29, 0.717) is 0 Å². The first-order valence-electron chi connectivity index (χ1n) is 1.49. The van der Waals surface area contributed by atoms with E-state index in [4.69, 9.17) is 3.57 Å². The first kappa shape index (κ1) is 9.43. The number of hydrogen-bond acceptors (Lipinski definition) is 2. The van der Waals surface area contributed by atoms with Crippen LogP contribution in [0.5, 0.6) is 0 Å². The van der Waals surface area contributed by atoms with Crippen LogP contribution in [0.4, 0.5) is 0 Å². The van der Waals surface area contributed by atoms with Gasteiger partial charge in [0.15, 0.2) is 0 Å². The molecule has 6 heavy (non-hydrogen) atoms. The van der Waals surface area contributed by atoms with Crippen LogP contribution in [-0.4, -0.2) is 5.78 Å². The number of rotatable bonds is 0. The molecule has 2 nitrogen and oxygen atoms in total. The predicted octanol–water partition coefficient (Wildman–Crippen LogP) is 0.474. The molecule has 0 aliphatic rings. The van der Waals surface area contributed by atoms with E-state index >= 15 is 0 Å². The van der Waals surface area contributed by atoms with E-state index in [0.717, 1.165) is 0 Å². The molecule has 0 aromatic heterocycles. The molecule has 0 saturated carbocycles. The molecule has 0 amide bonds. The van der Waals surface area contributed by atoms with Crippen molar-refractivity contribution in [3.05, 3.63) is 0 Å². The Kier molecular flexibility index (Phi) is 14.0. The molecule has 0 spiro atoms.